The van der Waals surface area contributed by atoms with E-state index in [4.69, 9.17) is 25.8 Å². The van der Waals surface area contributed by atoms with E-state index in [-0.39, 0.29) is 28.0 Å². The van der Waals surface area contributed by atoms with Gasteiger partial charge in [0.05, 0.1) is 7.11 Å². The molecule has 0 aromatic heterocycles. The minimum Gasteiger partial charge on any atom is -0.497 e. The maximum atomic E-state index is 13.5. The summed E-state index contributed by atoms with van der Waals surface area (Å²) in [6.45, 7) is 16.0. The van der Waals surface area contributed by atoms with Gasteiger partial charge in [0.1, 0.15) is 11.5 Å². The number of hydrogen-bond acceptors (Lipinski definition) is 7. The monoisotopic (exact) mass is 678 g/mol. The van der Waals surface area contributed by atoms with Gasteiger partial charge in [0, 0.05) is 29.4 Å². The maximum Gasteiger partial charge on any atom is 0.326 e. The van der Waals surface area contributed by atoms with Crippen molar-refractivity contribution in [2.75, 3.05) is 17.7 Å². The number of Topliss-reactive ketones (excluding diaryl/α,β-unsaturated/α-hetero) is 1. The molecule has 0 aliphatic carbocycles. The number of ether oxygens (including phenoxy) is 3. The third kappa shape index (κ3) is 8.95. The number of carbonyl (C=O) groups excluding carboxylic acids is 4. The second-order valence-corrected chi connectivity index (χ2v) is 13.5. The van der Waals surface area contributed by atoms with Gasteiger partial charge < -0.3 is 24.8 Å². The van der Waals surface area contributed by atoms with Gasteiger partial charge in [0.2, 0.25) is 5.78 Å². The number of ketones is 1. The van der Waals surface area contributed by atoms with E-state index >= 15 is 0 Å². The van der Waals surface area contributed by atoms with Crippen molar-refractivity contribution in [2.45, 2.75) is 96.6 Å². The molecule has 48 heavy (non-hydrogen) atoms. The van der Waals surface area contributed by atoms with Crippen LogP contribution in [0.1, 0.15) is 96.1 Å². The Hall–Kier alpha value is -4.37. The van der Waals surface area contributed by atoms with Crippen LogP contribution in [0.2, 0.25) is 0 Å². The average molecular weight is 679 g/mol. The standard InChI is InChI=1S/C38H47ClN2O7/c1-10-31(47-32-21-18-26(36(5,6)11-2)22-30(32)37(7,8)12-3)34(44)40-27-14-13-15-28(23-27)41-35(45)38(39,48-24(4)42)33(43)25-16-19-29(46-9)20-17-25/h13-23,31H,10-12H2,1-9H3,(H,40,44)(H,41,45). The SMILES string of the molecule is CCC(Oc1ccc(C(C)(C)CC)cc1C(C)(C)CC)C(=O)Nc1cccc(NC(=O)C(Cl)(OC(C)=O)C(=O)c2ccc(OC)cc2)c1. The zero-order valence-corrected chi connectivity index (χ0v) is 30.0. The largest absolute Gasteiger partial charge is 0.497 e. The molecule has 0 spiro atoms. The van der Waals surface area contributed by atoms with Crippen molar-refractivity contribution in [2.24, 2.45) is 0 Å². The first kappa shape index (κ1) is 38.1. The fourth-order valence-electron chi connectivity index (χ4n) is 4.88. The Balaban J connectivity index is 1.83. The van der Waals surface area contributed by atoms with Gasteiger partial charge in [-0.25, -0.2) is 0 Å². The molecular formula is C38H47ClN2O7. The molecule has 0 radical (unpaired) electrons. The molecule has 0 aliphatic heterocycles. The number of amides is 2. The van der Waals surface area contributed by atoms with Crippen LogP contribution in [0.5, 0.6) is 11.5 Å². The first-order valence-corrected chi connectivity index (χ1v) is 16.5. The fraction of sp³-hybridized carbons (Fsp3) is 0.421. The predicted octanol–water partition coefficient (Wildman–Crippen LogP) is 8.19. The Morgan fingerprint density at radius 2 is 1.42 bits per heavy atom. The lowest BCUT2D eigenvalue weighted by molar-refractivity contribution is -0.152. The Kier molecular flexibility index (Phi) is 12.4. The second kappa shape index (κ2) is 15.7. The maximum absolute atomic E-state index is 13.5. The number of halogens is 1. The van der Waals surface area contributed by atoms with E-state index in [1.54, 1.807) is 18.2 Å². The molecule has 2 atom stereocenters. The van der Waals surface area contributed by atoms with Gasteiger partial charge >= 0.3 is 11.0 Å². The molecule has 3 aromatic carbocycles. The number of nitrogens with one attached hydrogen (secondary N) is 2. The van der Waals surface area contributed by atoms with E-state index in [9.17, 15) is 19.2 Å². The topological polar surface area (TPSA) is 120 Å². The molecule has 258 valence electrons. The molecule has 10 heteroatoms. The molecule has 3 aromatic rings. The lowest BCUT2D eigenvalue weighted by Crippen LogP contribution is -2.48. The highest BCUT2D eigenvalue weighted by Crippen LogP contribution is 2.39. The van der Waals surface area contributed by atoms with Crippen LogP contribution in [-0.2, 0) is 30.0 Å². The highest BCUT2D eigenvalue weighted by molar-refractivity contribution is 6.49. The predicted molar refractivity (Wildman–Crippen MR) is 189 cm³/mol. The lowest BCUT2D eigenvalue weighted by atomic mass is 9.76. The van der Waals surface area contributed by atoms with Crippen LogP contribution in [-0.4, -0.2) is 41.8 Å². The Labute approximate surface area is 288 Å². The number of alkyl halides is 1. The van der Waals surface area contributed by atoms with Crippen LogP contribution >= 0.6 is 11.6 Å². The second-order valence-electron chi connectivity index (χ2n) is 13.0. The van der Waals surface area contributed by atoms with Crippen LogP contribution in [0.4, 0.5) is 11.4 Å². The van der Waals surface area contributed by atoms with Crippen LogP contribution < -0.4 is 20.1 Å². The fourth-order valence-corrected chi connectivity index (χ4v) is 5.15. The number of carbonyl (C=O) groups is 4. The van der Waals surface area contributed by atoms with Gasteiger partial charge in [0.25, 0.3) is 11.8 Å². The summed E-state index contributed by atoms with van der Waals surface area (Å²) in [5, 5.41) is 2.71. The number of hydrogen-bond donors (Lipinski definition) is 2. The molecule has 3 rings (SSSR count). The number of benzene rings is 3. The first-order chi connectivity index (χ1) is 22.5. The van der Waals surface area contributed by atoms with Gasteiger partial charge in [-0.3, -0.25) is 19.2 Å². The van der Waals surface area contributed by atoms with E-state index in [0.717, 1.165) is 25.3 Å². The smallest absolute Gasteiger partial charge is 0.326 e. The molecule has 2 amide bonds. The zero-order valence-electron chi connectivity index (χ0n) is 29.3. The van der Waals surface area contributed by atoms with Crippen molar-refractivity contribution in [3.8, 4) is 11.5 Å². The zero-order chi connectivity index (χ0) is 35.9. The molecule has 2 N–H and O–H groups in total. The van der Waals surface area contributed by atoms with Crippen LogP contribution in [0.25, 0.3) is 0 Å². The summed E-state index contributed by atoms with van der Waals surface area (Å²) in [5.74, 6) is -2.19. The molecule has 0 heterocycles. The van der Waals surface area contributed by atoms with Crippen molar-refractivity contribution in [3.05, 3.63) is 83.4 Å². The molecule has 9 nitrogen and oxygen atoms in total. The van der Waals surface area contributed by atoms with E-state index in [1.807, 2.05) is 13.0 Å². The van der Waals surface area contributed by atoms with Crippen molar-refractivity contribution in [1.82, 2.24) is 0 Å². The summed E-state index contributed by atoms with van der Waals surface area (Å²) >= 11 is 6.43. The van der Waals surface area contributed by atoms with Gasteiger partial charge in [-0.1, -0.05) is 78.3 Å². The third-order valence-electron chi connectivity index (χ3n) is 8.80. The van der Waals surface area contributed by atoms with Crippen LogP contribution in [0.3, 0.4) is 0 Å². The summed E-state index contributed by atoms with van der Waals surface area (Å²) in [6, 6.07) is 18.4. The van der Waals surface area contributed by atoms with E-state index < -0.39 is 28.8 Å². The number of anilines is 2. The van der Waals surface area contributed by atoms with E-state index in [2.05, 4.69) is 64.3 Å². The van der Waals surface area contributed by atoms with Crippen molar-refractivity contribution in [1.29, 1.82) is 0 Å². The molecule has 0 fully saturated rings. The number of rotatable bonds is 15. The minimum absolute atomic E-state index is 0.0106. The van der Waals surface area contributed by atoms with E-state index in [0.29, 0.717) is 23.6 Å². The van der Waals surface area contributed by atoms with Gasteiger partial charge in [-0.2, -0.15) is 0 Å². The van der Waals surface area contributed by atoms with Gasteiger partial charge in [0.15, 0.2) is 6.10 Å². The summed E-state index contributed by atoms with van der Waals surface area (Å²) in [5.41, 5.74) is 2.66. The molecule has 0 aliphatic rings. The van der Waals surface area contributed by atoms with E-state index in [1.165, 1.54) is 43.0 Å². The highest BCUT2D eigenvalue weighted by atomic mass is 35.5. The number of methoxy groups -OCH3 is 1. The molecule has 0 saturated heterocycles. The average Bonchev–Trinajstić information content (AvgIpc) is 3.06. The summed E-state index contributed by atoms with van der Waals surface area (Å²) < 4.78 is 16.6. The van der Waals surface area contributed by atoms with Crippen molar-refractivity contribution >= 4 is 46.5 Å². The van der Waals surface area contributed by atoms with Crippen molar-refractivity contribution < 1.29 is 33.4 Å². The molecule has 2 unspecified atom stereocenters. The summed E-state index contributed by atoms with van der Waals surface area (Å²) in [7, 11) is 1.47. The summed E-state index contributed by atoms with van der Waals surface area (Å²) in [6.07, 6.45) is 1.46. The lowest BCUT2D eigenvalue weighted by Gasteiger charge is -2.31. The quantitative estimate of drug-likeness (QED) is 0.0720. The Bertz CT molecular complexity index is 1630. The Morgan fingerprint density at radius 3 is 1.96 bits per heavy atom. The van der Waals surface area contributed by atoms with Gasteiger partial charge in [-0.15, -0.1) is 0 Å². The normalized spacial score (nSPS) is 13.5. The van der Waals surface area contributed by atoms with Crippen LogP contribution in [0, 0.1) is 0 Å². The molecule has 0 saturated carbocycles. The number of esters is 1. The molecular weight excluding hydrogens is 632 g/mol. The Morgan fingerprint density at radius 1 is 0.812 bits per heavy atom. The van der Waals surface area contributed by atoms with Crippen molar-refractivity contribution in [3.63, 3.8) is 0 Å². The third-order valence-corrected chi connectivity index (χ3v) is 9.22. The first-order valence-electron chi connectivity index (χ1n) is 16.1. The highest BCUT2D eigenvalue weighted by Gasteiger charge is 2.48. The van der Waals surface area contributed by atoms with Crippen LogP contribution in [0.15, 0.2) is 66.7 Å². The summed E-state index contributed by atoms with van der Waals surface area (Å²) in [4.78, 5) is 52.1. The van der Waals surface area contributed by atoms with Gasteiger partial charge in [-0.05, 0) is 84.2 Å². The minimum atomic E-state index is -2.69. The molecule has 0 bridgehead atoms.